The molecule has 0 radical (unpaired) electrons. The van der Waals surface area contributed by atoms with Crippen molar-refractivity contribution in [2.75, 3.05) is 5.75 Å². The van der Waals surface area contributed by atoms with Crippen LogP contribution in [0.5, 0.6) is 0 Å². The highest BCUT2D eigenvalue weighted by Crippen LogP contribution is 2.33. The van der Waals surface area contributed by atoms with Gasteiger partial charge in [0.05, 0.1) is 0 Å². The third kappa shape index (κ3) is 3.53. The minimum absolute atomic E-state index is 0.412. The molecule has 1 aliphatic heterocycles. The summed E-state index contributed by atoms with van der Waals surface area (Å²) in [5.41, 5.74) is 4.33. The maximum Gasteiger partial charge on any atom is 0.0419 e. The van der Waals surface area contributed by atoms with Crippen LogP contribution in [0.1, 0.15) is 42.1 Å². The fraction of sp³-hybridized carbons (Fsp3) is 0.333. The average molecular weight is 362 g/mol. The molecule has 0 saturated carbocycles. The molecule has 0 aromatic heterocycles. The predicted octanol–water partition coefficient (Wildman–Crippen LogP) is 5.48. The number of fused-ring (bicyclic) bond motifs is 1. The SMILES string of the molecule is CCC(NC1CSCc2ccccc21)c1ccc(Br)cc1. The Morgan fingerprint density at radius 1 is 1.19 bits per heavy atom. The molecule has 1 nitrogen and oxygen atoms in total. The van der Waals surface area contributed by atoms with E-state index in [1.54, 1.807) is 0 Å². The maximum absolute atomic E-state index is 3.86. The molecule has 1 heterocycles. The molecule has 21 heavy (non-hydrogen) atoms. The topological polar surface area (TPSA) is 12.0 Å². The van der Waals surface area contributed by atoms with E-state index in [2.05, 4.69) is 76.7 Å². The van der Waals surface area contributed by atoms with Crippen molar-refractivity contribution in [1.82, 2.24) is 5.32 Å². The van der Waals surface area contributed by atoms with Gasteiger partial charge in [-0.1, -0.05) is 59.3 Å². The van der Waals surface area contributed by atoms with Gasteiger partial charge in [0, 0.05) is 28.1 Å². The van der Waals surface area contributed by atoms with Gasteiger partial charge >= 0.3 is 0 Å². The highest BCUT2D eigenvalue weighted by atomic mass is 79.9. The Labute approximate surface area is 139 Å². The molecule has 0 aliphatic carbocycles. The van der Waals surface area contributed by atoms with Crippen molar-refractivity contribution in [3.63, 3.8) is 0 Å². The van der Waals surface area contributed by atoms with Gasteiger partial charge in [0.25, 0.3) is 0 Å². The molecule has 0 spiro atoms. The quantitative estimate of drug-likeness (QED) is 0.773. The number of hydrogen-bond donors (Lipinski definition) is 1. The Morgan fingerprint density at radius 3 is 2.71 bits per heavy atom. The molecule has 0 amide bonds. The Kier molecular flexibility index (Phi) is 5.04. The molecular weight excluding hydrogens is 342 g/mol. The van der Waals surface area contributed by atoms with E-state index in [1.807, 2.05) is 11.8 Å². The Balaban J connectivity index is 1.80. The molecule has 0 bridgehead atoms. The van der Waals surface area contributed by atoms with Crippen LogP contribution in [0.4, 0.5) is 0 Å². The third-order valence-electron chi connectivity index (χ3n) is 4.06. The minimum Gasteiger partial charge on any atom is -0.302 e. The van der Waals surface area contributed by atoms with E-state index >= 15 is 0 Å². The van der Waals surface area contributed by atoms with Crippen molar-refractivity contribution in [1.29, 1.82) is 0 Å². The van der Waals surface area contributed by atoms with E-state index in [0.717, 1.165) is 22.4 Å². The lowest BCUT2D eigenvalue weighted by molar-refractivity contribution is 0.457. The zero-order valence-electron chi connectivity index (χ0n) is 12.2. The summed E-state index contributed by atoms with van der Waals surface area (Å²) in [4.78, 5) is 0. The lowest BCUT2D eigenvalue weighted by atomic mass is 9.98. The van der Waals surface area contributed by atoms with Crippen molar-refractivity contribution in [3.8, 4) is 0 Å². The summed E-state index contributed by atoms with van der Waals surface area (Å²) in [6.07, 6.45) is 1.10. The molecule has 110 valence electrons. The summed E-state index contributed by atoms with van der Waals surface area (Å²) < 4.78 is 1.14. The molecule has 2 aromatic rings. The highest BCUT2D eigenvalue weighted by Gasteiger charge is 2.22. The summed E-state index contributed by atoms with van der Waals surface area (Å²) in [5.74, 6) is 2.30. The lowest BCUT2D eigenvalue weighted by Crippen LogP contribution is -2.30. The summed E-state index contributed by atoms with van der Waals surface area (Å²) in [5, 5.41) is 3.86. The van der Waals surface area contributed by atoms with Crippen LogP contribution in [0, 0.1) is 0 Å². The largest absolute Gasteiger partial charge is 0.302 e. The fourth-order valence-corrected chi connectivity index (χ4v) is 4.28. The van der Waals surface area contributed by atoms with Crippen LogP contribution in [0.2, 0.25) is 0 Å². The summed E-state index contributed by atoms with van der Waals surface area (Å²) in [6.45, 7) is 2.25. The van der Waals surface area contributed by atoms with Gasteiger partial charge in [-0.25, -0.2) is 0 Å². The molecule has 1 N–H and O–H groups in total. The van der Waals surface area contributed by atoms with Crippen molar-refractivity contribution < 1.29 is 0 Å². The van der Waals surface area contributed by atoms with Crippen LogP contribution in [-0.4, -0.2) is 5.75 Å². The zero-order chi connectivity index (χ0) is 14.7. The Hall–Kier alpha value is -0.770. The second-order valence-corrected chi connectivity index (χ2v) is 7.39. The predicted molar refractivity (Wildman–Crippen MR) is 95.7 cm³/mol. The van der Waals surface area contributed by atoms with Crippen molar-refractivity contribution in [2.24, 2.45) is 0 Å². The van der Waals surface area contributed by atoms with Gasteiger partial charge in [-0.05, 0) is 35.2 Å². The molecule has 0 saturated heterocycles. The molecule has 2 unspecified atom stereocenters. The first-order valence-electron chi connectivity index (χ1n) is 7.45. The van der Waals surface area contributed by atoms with Crippen molar-refractivity contribution >= 4 is 27.7 Å². The summed E-state index contributed by atoms with van der Waals surface area (Å²) in [6, 6.07) is 18.4. The monoisotopic (exact) mass is 361 g/mol. The number of hydrogen-bond acceptors (Lipinski definition) is 2. The number of thioether (sulfide) groups is 1. The number of benzene rings is 2. The number of nitrogens with one attached hydrogen (secondary N) is 1. The van der Waals surface area contributed by atoms with E-state index < -0.39 is 0 Å². The van der Waals surface area contributed by atoms with Crippen LogP contribution in [-0.2, 0) is 5.75 Å². The lowest BCUT2D eigenvalue weighted by Gasteiger charge is -2.30. The van der Waals surface area contributed by atoms with Crippen LogP contribution < -0.4 is 5.32 Å². The van der Waals surface area contributed by atoms with E-state index in [1.165, 1.54) is 16.7 Å². The van der Waals surface area contributed by atoms with Gasteiger partial charge in [0.15, 0.2) is 0 Å². The molecule has 3 rings (SSSR count). The second-order valence-electron chi connectivity index (χ2n) is 5.45. The smallest absolute Gasteiger partial charge is 0.0419 e. The number of halogens is 1. The van der Waals surface area contributed by atoms with Gasteiger partial charge in [0.1, 0.15) is 0 Å². The van der Waals surface area contributed by atoms with E-state index in [9.17, 15) is 0 Å². The van der Waals surface area contributed by atoms with Crippen LogP contribution >= 0.6 is 27.7 Å². The van der Waals surface area contributed by atoms with E-state index in [0.29, 0.717) is 12.1 Å². The van der Waals surface area contributed by atoms with Crippen molar-refractivity contribution in [2.45, 2.75) is 31.2 Å². The fourth-order valence-electron chi connectivity index (χ4n) is 2.91. The van der Waals surface area contributed by atoms with Gasteiger partial charge < -0.3 is 5.32 Å². The second kappa shape index (κ2) is 6.99. The maximum atomic E-state index is 3.86. The Morgan fingerprint density at radius 2 is 1.95 bits per heavy atom. The standard InChI is InChI=1S/C18H20BrNS/c1-2-17(13-7-9-15(19)10-8-13)20-18-12-21-11-14-5-3-4-6-16(14)18/h3-10,17-18,20H,2,11-12H2,1H3. The van der Waals surface area contributed by atoms with Crippen LogP contribution in [0.25, 0.3) is 0 Å². The van der Waals surface area contributed by atoms with E-state index in [4.69, 9.17) is 0 Å². The van der Waals surface area contributed by atoms with Gasteiger partial charge in [-0.15, -0.1) is 0 Å². The van der Waals surface area contributed by atoms with Crippen LogP contribution in [0.3, 0.4) is 0 Å². The third-order valence-corrected chi connectivity index (χ3v) is 5.67. The van der Waals surface area contributed by atoms with E-state index in [-0.39, 0.29) is 0 Å². The molecular formula is C18H20BrNS. The summed E-state index contributed by atoms with van der Waals surface area (Å²) >= 11 is 5.54. The normalized spacial score (nSPS) is 19.0. The van der Waals surface area contributed by atoms with Gasteiger partial charge in [-0.2, -0.15) is 11.8 Å². The van der Waals surface area contributed by atoms with Crippen molar-refractivity contribution in [3.05, 3.63) is 69.7 Å². The first-order valence-corrected chi connectivity index (χ1v) is 9.39. The molecule has 2 atom stereocenters. The number of rotatable bonds is 4. The molecule has 0 fully saturated rings. The first kappa shape index (κ1) is 15.1. The molecule has 1 aliphatic rings. The van der Waals surface area contributed by atoms with Gasteiger partial charge in [0.2, 0.25) is 0 Å². The molecule has 3 heteroatoms. The van der Waals surface area contributed by atoms with Crippen LogP contribution in [0.15, 0.2) is 53.0 Å². The highest BCUT2D eigenvalue weighted by molar-refractivity contribution is 9.10. The average Bonchev–Trinajstić information content (AvgIpc) is 2.54. The summed E-state index contributed by atoms with van der Waals surface area (Å²) in [7, 11) is 0. The minimum atomic E-state index is 0.412. The van der Waals surface area contributed by atoms with Gasteiger partial charge in [-0.3, -0.25) is 0 Å². The Bertz CT molecular complexity index is 596. The first-order chi connectivity index (χ1) is 10.3. The molecule has 2 aromatic carbocycles. The zero-order valence-corrected chi connectivity index (χ0v) is 14.6.